The molecule has 7 heteroatoms. The molecule has 0 saturated heterocycles. The molecule has 0 bridgehead atoms. The maximum Gasteiger partial charge on any atom is 0.315 e. The first-order valence-corrected chi connectivity index (χ1v) is 6.32. The number of aryl methyl sites for hydroxylation is 1. The van der Waals surface area contributed by atoms with Gasteiger partial charge in [0.1, 0.15) is 0 Å². The average Bonchev–Trinajstić information content (AvgIpc) is 2.42. The van der Waals surface area contributed by atoms with Crippen LogP contribution in [0.15, 0.2) is 12.7 Å². The Morgan fingerprint density at radius 3 is 2.55 bits per heavy atom. The van der Waals surface area contributed by atoms with Crippen LogP contribution < -0.4 is 11.1 Å². The molecule has 0 atom stereocenters. The van der Waals surface area contributed by atoms with Gasteiger partial charge in [0.15, 0.2) is 0 Å². The van der Waals surface area contributed by atoms with Crippen LogP contribution in [0.25, 0.3) is 0 Å². The molecule has 1 heterocycles. The van der Waals surface area contributed by atoms with Crippen molar-refractivity contribution in [2.75, 3.05) is 11.9 Å². The molecule has 0 aliphatic rings. The lowest BCUT2D eigenvalue weighted by molar-refractivity contribution is -0.384. The summed E-state index contributed by atoms with van der Waals surface area (Å²) in [5, 5.41) is 14.1. The fourth-order valence-corrected chi connectivity index (χ4v) is 2.06. The molecule has 0 aliphatic heterocycles. The Hall–Kier alpha value is -2.44. The van der Waals surface area contributed by atoms with Gasteiger partial charge in [-0.1, -0.05) is 19.9 Å². The molecule has 1 aromatic rings. The maximum atomic E-state index is 11.6. The molecular formula is C13H18N4O3. The van der Waals surface area contributed by atoms with E-state index >= 15 is 0 Å². The molecule has 0 aliphatic carbocycles. The summed E-state index contributed by atoms with van der Waals surface area (Å²) >= 11 is 0. The molecule has 0 radical (unpaired) electrons. The molecule has 0 aromatic carbocycles. The van der Waals surface area contributed by atoms with E-state index in [2.05, 4.69) is 16.9 Å². The Balaban J connectivity index is 3.65. The zero-order valence-electron chi connectivity index (χ0n) is 11.6. The predicted molar refractivity (Wildman–Crippen MR) is 76.9 cm³/mol. The first-order valence-electron chi connectivity index (χ1n) is 6.32. The van der Waals surface area contributed by atoms with Gasteiger partial charge in [0, 0.05) is 12.1 Å². The maximum absolute atomic E-state index is 11.6. The van der Waals surface area contributed by atoms with E-state index in [-0.39, 0.29) is 17.1 Å². The van der Waals surface area contributed by atoms with Gasteiger partial charge in [0.2, 0.25) is 5.82 Å². The lowest BCUT2D eigenvalue weighted by atomic mass is 9.99. The van der Waals surface area contributed by atoms with Gasteiger partial charge in [-0.25, -0.2) is 4.98 Å². The van der Waals surface area contributed by atoms with E-state index in [1.807, 2.05) is 6.92 Å². The Bertz CT molecular complexity index is 555. The molecule has 0 spiro atoms. The third-order valence-electron chi connectivity index (χ3n) is 2.88. The number of hydrogen-bond donors (Lipinski definition) is 2. The van der Waals surface area contributed by atoms with Crippen molar-refractivity contribution in [2.24, 2.45) is 5.73 Å². The van der Waals surface area contributed by atoms with Crippen LogP contribution in [-0.2, 0) is 12.8 Å². The highest BCUT2D eigenvalue weighted by molar-refractivity contribution is 5.97. The van der Waals surface area contributed by atoms with Gasteiger partial charge < -0.3 is 11.1 Å². The number of pyridine rings is 1. The molecule has 0 fully saturated rings. The summed E-state index contributed by atoms with van der Waals surface area (Å²) in [5.74, 6) is -0.543. The summed E-state index contributed by atoms with van der Waals surface area (Å²) in [5.41, 5.74) is 6.10. The van der Waals surface area contributed by atoms with Gasteiger partial charge in [-0.05, 0) is 12.8 Å². The van der Waals surface area contributed by atoms with Crippen molar-refractivity contribution in [3.05, 3.63) is 39.6 Å². The minimum Gasteiger partial charge on any atom is -0.366 e. The van der Waals surface area contributed by atoms with Crippen LogP contribution in [0, 0.1) is 10.1 Å². The number of primary amides is 1. The quantitative estimate of drug-likeness (QED) is 0.449. The molecule has 0 saturated carbocycles. The number of hydrogen-bond acceptors (Lipinski definition) is 5. The summed E-state index contributed by atoms with van der Waals surface area (Å²) in [6.45, 7) is 7.45. The fraction of sp³-hybridized carbons (Fsp3) is 0.385. The highest BCUT2D eigenvalue weighted by atomic mass is 16.6. The lowest BCUT2D eigenvalue weighted by Gasteiger charge is -2.14. The van der Waals surface area contributed by atoms with Crippen LogP contribution >= 0.6 is 0 Å². The van der Waals surface area contributed by atoms with Crippen molar-refractivity contribution < 1.29 is 9.72 Å². The largest absolute Gasteiger partial charge is 0.366 e. The summed E-state index contributed by atoms with van der Waals surface area (Å²) in [7, 11) is 0. The number of nitro groups is 1. The number of rotatable bonds is 7. The van der Waals surface area contributed by atoms with Crippen LogP contribution in [-0.4, -0.2) is 22.4 Å². The molecule has 7 nitrogen and oxygen atoms in total. The number of amides is 1. The van der Waals surface area contributed by atoms with E-state index in [9.17, 15) is 14.9 Å². The zero-order valence-corrected chi connectivity index (χ0v) is 11.6. The minimum absolute atomic E-state index is 0.147. The van der Waals surface area contributed by atoms with Crippen molar-refractivity contribution in [1.29, 1.82) is 0 Å². The second kappa shape index (κ2) is 6.65. The number of carbonyl (C=O) groups is 1. The second-order valence-corrected chi connectivity index (χ2v) is 4.11. The van der Waals surface area contributed by atoms with Crippen LogP contribution in [0.5, 0.6) is 0 Å². The van der Waals surface area contributed by atoms with Crippen LogP contribution in [0.1, 0.15) is 35.5 Å². The average molecular weight is 278 g/mol. The van der Waals surface area contributed by atoms with E-state index in [4.69, 9.17) is 5.73 Å². The summed E-state index contributed by atoms with van der Waals surface area (Å²) in [6.07, 6.45) is 2.36. The topological polar surface area (TPSA) is 111 Å². The van der Waals surface area contributed by atoms with E-state index in [0.717, 1.165) is 0 Å². The molecular weight excluding hydrogens is 260 g/mol. The van der Waals surface area contributed by atoms with Crippen LogP contribution in [0.3, 0.4) is 0 Å². The van der Waals surface area contributed by atoms with E-state index in [1.54, 1.807) is 13.0 Å². The number of carbonyl (C=O) groups excluding carboxylic acids is 1. The third-order valence-corrected chi connectivity index (χ3v) is 2.88. The predicted octanol–water partition coefficient (Wildman–Crippen LogP) is 1.81. The fourth-order valence-electron chi connectivity index (χ4n) is 2.06. The summed E-state index contributed by atoms with van der Waals surface area (Å²) < 4.78 is 0. The van der Waals surface area contributed by atoms with Crippen molar-refractivity contribution >= 4 is 17.4 Å². The van der Waals surface area contributed by atoms with Crippen LogP contribution in [0.2, 0.25) is 0 Å². The Labute approximate surface area is 117 Å². The number of anilines is 1. The molecule has 20 heavy (non-hydrogen) atoms. The van der Waals surface area contributed by atoms with Crippen molar-refractivity contribution in [1.82, 2.24) is 4.98 Å². The van der Waals surface area contributed by atoms with Gasteiger partial charge in [-0.15, -0.1) is 6.58 Å². The Morgan fingerprint density at radius 2 is 2.15 bits per heavy atom. The SMILES string of the molecule is C=CCNc1nc(CC)c(C(N)=O)c(CC)c1[N+](=O)[O-]. The number of aromatic nitrogens is 1. The monoisotopic (exact) mass is 278 g/mol. The number of nitrogens with one attached hydrogen (secondary N) is 1. The van der Waals surface area contributed by atoms with Gasteiger partial charge in [0.25, 0.3) is 5.91 Å². The van der Waals surface area contributed by atoms with E-state index < -0.39 is 10.8 Å². The lowest BCUT2D eigenvalue weighted by Crippen LogP contribution is -2.20. The van der Waals surface area contributed by atoms with E-state index in [1.165, 1.54) is 0 Å². The zero-order chi connectivity index (χ0) is 15.3. The van der Waals surface area contributed by atoms with Gasteiger partial charge in [-0.2, -0.15) is 0 Å². The smallest absolute Gasteiger partial charge is 0.315 e. The first kappa shape index (κ1) is 15.6. The van der Waals surface area contributed by atoms with Crippen molar-refractivity contribution in [3.63, 3.8) is 0 Å². The van der Waals surface area contributed by atoms with Gasteiger partial charge in [-0.3, -0.25) is 14.9 Å². The van der Waals surface area contributed by atoms with Crippen LogP contribution in [0.4, 0.5) is 11.5 Å². The first-order chi connectivity index (χ1) is 9.47. The van der Waals surface area contributed by atoms with Gasteiger partial charge >= 0.3 is 5.69 Å². The molecule has 0 unspecified atom stereocenters. The van der Waals surface area contributed by atoms with Crippen molar-refractivity contribution in [2.45, 2.75) is 26.7 Å². The molecule has 3 N–H and O–H groups in total. The Morgan fingerprint density at radius 1 is 1.50 bits per heavy atom. The second-order valence-electron chi connectivity index (χ2n) is 4.11. The molecule has 1 rings (SSSR count). The third kappa shape index (κ3) is 2.93. The Kier molecular flexibility index (Phi) is 5.19. The standard InChI is InChI=1S/C13H18N4O3/c1-4-7-15-13-11(17(19)20)8(5-2)10(12(14)18)9(6-3)16-13/h4H,1,5-7H2,2-3H3,(H2,14,18)(H,15,16). The molecule has 108 valence electrons. The van der Waals surface area contributed by atoms with E-state index in [0.29, 0.717) is 30.6 Å². The molecule has 1 amide bonds. The summed E-state index contributed by atoms with van der Waals surface area (Å²) in [6, 6.07) is 0. The number of nitrogens with zero attached hydrogens (tertiary/aromatic N) is 2. The number of nitrogens with two attached hydrogens (primary N) is 1. The van der Waals surface area contributed by atoms with Gasteiger partial charge in [0.05, 0.1) is 16.2 Å². The normalized spacial score (nSPS) is 10.1. The van der Waals surface area contributed by atoms with Crippen molar-refractivity contribution in [3.8, 4) is 0 Å². The highest BCUT2D eigenvalue weighted by Gasteiger charge is 2.28. The molecule has 1 aromatic heterocycles. The minimum atomic E-state index is -0.690. The summed E-state index contributed by atoms with van der Waals surface area (Å²) in [4.78, 5) is 26.5. The highest BCUT2D eigenvalue weighted by Crippen LogP contribution is 2.32.